The Balaban J connectivity index is 2.05. The summed E-state index contributed by atoms with van der Waals surface area (Å²) < 4.78 is 5.45. The molecule has 0 aliphatic rings. The van der Waals surface area contributed by atoms with E-state index in [1.165, 1.54) is 0 Å². The Kier molecular flexibility index (Phi) is 4.46. The molecule has 0 aromatic heterocycles. The van der Waals surface area contributed by atoms with Crippen LogP contribution < -0.4 is 4.74 Å². The van der Waals surface area contributed by atoms with Crippen molar-refractivity contribution in [3.8, 4) is 5.75 Å². The number of aryl methyl sites for hydroxylation is 1. The molecule has 0 unspecified atom stereocenters. The van der Waals surface area contributed by atoms with E-state index >= 15 is 0 Å². The molecule has 0 saturated carbocycles. The van der Waals surface area contributed by atoms with Crippen molar-refractivity contribution in [3.63, 3.8) is 0 Å². The maximum Gasteiger partial charge on any atom is 0.201 e. The average molecular weight is 295 g/mol. The molecule has 0 radical (unpaired) electrons. The lowest BCUT2D eigenvalue weighted by Crippen LogP contribution is -2.12. The van der Waals surface area contributed by atoms with Crippen LogP contribution in [0.15, 0.2) is 42.5 Å². The van der Waals surface area contributed by atoms with Gasteiger partial charge in [-0.25, -0.2) is 0 Å². The van der Waals surface area contributed by atoms with Crippen LogP contribution in [0.4, 0.5) is 0 Å². The minimum Gasteiger partial charge on any atom is -0.485 e. The van der Waals surface area contributed by atoms with Crippen molar-refractivity contribution in [2.75, 3.05) is 6.61 Å². The Labute approximate surface area is 121 Å². The molecule has 0 atom stereocenters. The molecule has 0 heterocycles. The third-order valence-corrected chi connectivity index (χ3v) is 3.14. The number of Topliss-reactive ketones (excluding diaryl/α,β-unsaturated/α-hetero) is 1. The maximum atomic E-state index is 12.0. The van der Waals surface area contributed by atoms with Crippen molar-refractivity contribution in [3.05, 3.63) is 63.6 Å². The Bertz CT molecular complexity index is 609. The van der Waals surface area contributed by atoms with Gasteiger partial charge in [0.25, 0.3) is 0 Å². The first-order valence-corrected chi connectivity index (χ1v) is 6.49. The Morgan fingerprint density at radius 2 is 1.95 bits per heavy atom. The van der Waals surface area contributed by atoms with Crippen molar-refractivity contribution in [2.24, 2.45) is 0 Å². The summed E-state index contributed by atoms with van der Waals surface area (Å²) in [6, 6.07) is 12.3. The minimum absolute atomic E-state index is 0.0508. The van der Waals surface area contributed by atoms with E-state index in [9.17, 15) is 4.79 Å². The molecular weight excluding hydrogens is 283 g/mol. The fourth-order valence-electron chi connectivity index (χ4n) is 1.65. The van der Waals surface area contributed by atoms with Gasteiger partial charge in [0.1, 0.15) is 5.75 Å². The summed E-state index contributed by atoms with van der Waals surface area (Å²) in [5.41, 5.74) is 1.49. The highest BCUT2D eigenvalue weighted by Gasteiger charge is 2.11. The number of carbonyl (C=O) groups excluding carboxylic acids is 1. The molecule has 19 heavy (non-hydrogen) atoms. The second kappa shape index (κ2) is 6.09. The molecule has 0 saturated heterocycles. The van der Waals surface area contributed by atoms with Crippen LogP contribution in [0, 0.1) is 6.92 Å². The van der Waals surface area contributed by atoms with Gasteiger partial charge < -0.3 is 4.74 Å². The zero-order valence-corrected chi connectivity index (χ0v) is 11.8. The van der Waals surface area contributed by atoms with Crippen molar-refractivity contribution >= 4 is 29.0 Å². The summed E-state index contributed by atoms with van der Waals surface area (Å²) in [5, 5.41) is 0.839. The monoisotopic (exact) mass is 294 g/mol. The molecule has 2 aromatic carbocycles. The Hall–Kier alpha value is -1.51. The van der Waals surface area contributed by atoms with E-state index < -0.39 is 0 Å². The largest absolute Gasteiger partial charge is 0.485 e. The van der Waals surface area contributed by atoms with E-state index in [0.717, 1.165) is 5.56 Å². The molecule has 2 nitrogen and oxygen atoms in total. The van der Waals surface area contributed by atoms with Gasteiger partial charge in [0.15, 0.2) is 6.61 Å². The van der Waals surface area contributed by atoms with Gasteiger partial charge in [-0.05, 0) is 42.8 Å². The van der Waals surface area contributed by atoms with Gasteiger partial charge in [0.05, 0.1) is 5.02 Å². The molecule has 2 aromatic rings. The number of halogens is 2. The summed E-state index contributed by atoms with van der Waals surface area (Å²) in [5.74, 6) is 0.488. The van der Waals surface area contributed by atoms with Crippen molar-refractivity contribution in [1.82, 2.24) is 0 Å². The first-order chi connectivity index (χ1) is 9.06. The second-order valence-electron chi connectivity index (χ2n) is 4.15. The first-order valence-electron chi connectivity index (χ1n) is 5.74. The third-order valence-electron chi connectivity index (χ3n) is 2.59. The van der Waals surface area contributed by atoms with Gasteiger partial charge in [0, 0.05) is 10.6 Å². The predicted molar refractivity (Wildman–Crippen MR) is 77.5 cm³/mol. The van der Waals surface area contributed by atoms with E-state index in [4.69, 9.17) is 27.9 Å². The van der Waals surface area contributed by atoms with Crippen molar-refractivity contribution in [2.45, 2.75) is 6.92 Å². The molecule has 2 rings (SSSR count). The number of carbonyl (C=O) groups is 1. The summed E-state index contributed by atoms with van der Waals surface area (Å²) >= 11 is 11.8. The Morgan fingerprint density at radius 1 is 1.16 bits per heavy atom. The molecular formula is C15H12Cl2O2. The van der Waals surface area contributed by atoms with Crippen molar-refractivity contribution < 1.29 is 9.53 Å². The van der Waals surface area contributed by atoms with Crippen LogP contribution in [0.2, 0.25) is 10.0 Å². The zero-order chi connectivity index (χ0) is 13.8. The summed E-state index contributed by atoms with van der Waals surface area (Å²) in [6.45, 7) is 1.91. The van der Waals surface area contributed by atoms with E-state index in [1.54, 1.807) is 18.2 Å². The lowest BCUT2D eigenvalue weighted by Gasteiger charge is -2.07. The Morgan fingerprint density at radius 3 is 2.63 bits per heavy atom. The predicted octanol–water partition coefficient (Wildman–Crippen LogP) is 4.56. The molecule has 0 amide bonds. The molecule has 0 aliphatic heterocycles. The molecule has 0 aliphatic carbocycles. The molecule has 0 spiro atoms. The standard InChI is InChI=1S/C15H12Cl2O2/c1-10-3-2-4-12(7-10)19-9-15(18)13-6-5-11(16)8-14(13)17/h2-8H,9H2,1H3. The van der Waals surface area contributed by atoms with Crippen LogP contribution in [0.1, 0.15) is 15.9 Å². The van der Waals surface area contributed by atoms with E-state index in [0.29, 0.717) is 21.4 Å². The van der Waals surface area contributed by atoms with Gasteiger partial charge in [0.2, 0.25) is 5.78 Å². The van der Waals surface area contributed by atoms with Gasteiger partial charge in [-0.3, -0.25) is 4.79 Å². The number of rotatable bonds is 4. The van der Waals surface area contributed by atoms with Crippen LogP contribution in [0.3, 0.4) is 0 Å². The van der Waals surface area contributed by atoms with Gasteiger partial charge in [-0.1, -0.05) is 35.3 Å². The van der Waals surface area contributed by atoms with E-state index in [-0.39, 0.29) is 12.4 Å². The molecule has 0 N–H and O–H groups in total. The highest BCUT2D eigenvalue weighted by atomic mass is 35.5. The molecule has 98 valence electrons. The highest BCUT2D eigenvalue weighted by molar-refractivity contribution is 6.36. The number of hydrogen-bond donors (Lipinski definition) is 0. The average Bonchev–Trinajstić information content (AvgIpc) is 2.36. The van der Waals surface area contributed by atoms with E-state index in [2.05, 4.69) is 0 Å². The highest BCUT2D eigenvalue weighted by Crippen LogP contribution is 2.22. The third kappa shape index (κ3) is 3.72. The fraction of sp³-hybridized carbons (Fsp3) is 0.133. The number of hydrogen-bond acceptors (Lipinski definition) is 2. The normalized spacial score (nSPS) is 10.3. The van der Waals surface area contributed by atoms with E-state index in [1.807, 2.05) is 31.2 Å². The first kappa shape index (κ1) is 13.9. The maximum absolute atomic E-state index is 12.0. The van der Waals surface area contributed by atoms with Gasteiger partial charge >= 0.3 is 0 Å². The molecule has 0 bridgehead atoms. The summed E-state index contributed by atoms with van der Waals surface area (Å²) in [6.07, 6.45) is 0. The van der Waals surface area contributed by atoms with Gasteiger partial charge in [-0.15, -0.1) is 0 Å². The number of benzene rings is 2. The van der Waals surface area contributed by atoms with Crippen molar-refractivity contribution in [1.29, 1.82) is 0 Å². The van der Waals surface area contributed by atoms with Crippen LogP contribution in [-0.4, -0.2) is 12.4 Å². The lowest BCUT2D eigenvalue weighted by atomic mass is 10.1. The minimum atomic E-state index is -0.178. The second-order valence-corrected chi connectivity index (χ2v) is 5.00. The van der Waals surface area contributed by atoms with Crippen LogP contribution in [-0.2, 0) is 0 Å². The SMILES string of the molecule is Cc1cccc(OCC(=O)c2ccc(Cl)cc2Cl)c1. The number of ether oxygens (including phenoxy) is 1. The summed E-state index contributed by atoms with van der Waals surface area (Å²) in [4.78, 5) is 12.0. The molecule has 0 fully saturated rings. The fourth-order valence-corrected chi connectivity index (χ4v) is 2.16. The molecule has 4 heteroatoms. The number of ketones is 1. The topological polar surface area (TPSA) is 26.3 Å². The smallest absolute Gasteiger partial charge is 0.201 e. The zero-order valence-electron chi connectivity index (χ0n) is 10.3. The van der Waals surface area contributed by atoms with Crippen LogP contribution in [0.5, 0.6) is 5.75 Å². The van der Waals surface area contributed by atoms with Crippen LogP contribution in [0.25, 0.3) is 0 Å². The summed E-state index contributed by atoms with van der Waals surface area (Å²) in [7, 11) is 0. The lowest BCUT2D eigenvalue weighted by molar-refractivity contribution is 0.0921. The van der Waals surface area contributed by atoms with Crippen LogP contribution >= 0.6 is 23.2 Å². The quantitative estimate of drug-likeness (QED) is 0.773. The van der Waals surface area contributed by atoms with Gasteiger partial charge in [-0.2, -0.15) is 0 Å².